The Morgan fingerprint density at radius 1 is 1.14 bits per heavy atom. The van der Waals surface area contributed by atoms with Crippen LogP contribution in [0.25, 0.3) is 0 Å². The molecule has 1 aromatic rings. The molecule has 0 nitrogen and oxygen atoms in total. The highest BCUT2D eigenvalue weighted by Gasteiger charge is 1.99. The molecule has 0 aliphatic heterocycles. The fourth-order valence-corrected chi connectivity index (χ4v) is 2.46. The van der Waals surface area contributed by atoms with Gasteiger partial charge in [0.15, 0.2) is 0 Å². The molecule has 78 valence electrons. The lowest BCUT2D eigenvalue weighted by Crippen LogP contribution is -1.84. The molecule has 0 aliphatic rings. The zero-order chi connectivity index (χ0) is 10.2. The minimum atomic E-state index is -0.0991. The normalized spacial score (nSPS) is 10.4. The fraction of sp³-hybridized carbons (Fsp3) is 0.455. The van der Waals surface area contributed by atoms with Gasteiger partial charge in [-0.2, -0.15) is 0 Å². The van der Waals surface area contributed by atoms with Gasteiger partial charge in [0.1, 0.15) is 5.82 Å². The summed E-state index contributed by atoms with van der Waals surface area (Å²) in [6.07, 6.45) is 3.58. The lowest BCUT2D eigenvalue weighted by molar-refractivity contribution is 0.602. The van der Waals surface area contributed by atoms with Crippen LogP contribution in [0.1, 0.15) is 19.3 Å². The van der Waals surface area contributed by atoms with Crippen LogP contribution in [0.2, 0.25) is 0 Å². The fourth-order valence-electron chi connectivity index (χ4n) is 1.12. The van der Waals surface area contributed by atoms with E-state index in [0.29, 0.717) is 0 Å². The molecule has 0 aliphatic carbocycles. The SMILES string of the molecule is Fc1ccccc1SCCCCCBr. The van der Waals surface area contributed by atoms with Crippen LogP contribution in [0.3, 0.4) is 0 Å². The minimum absolute atomic E-state index is 0.0991. The number of thioether (sulfide) groups is 1. The first-order chi connectivity index (χ1) is 6.84. The van der Waals surface area contributed by atoms with E-state index in [2.05, 4.69) is 15.9 Å². The summed E-state index contributed by atoms with van der Waals surface area (Å²) in [4.78, 5) is 0.770. The average molecular weight is 277 g/mol. The van der Waals surface area contributed by atoms with E-state index >= 15 is 0 Å². The standard InChI is InChI=1S/C11H14BrFS/c12-8-4-1-5-9-14-11-7-3-2-6-10(11)13/h2-3,6-7H,1,4-5,8-9H2. The van der Waals surface area contributed by atoms with Crippen LogP contribution in [-0.4, -0.2) is 11.1 Å². The van der Waals surface area contributed by atoms with Gasteiger partial charge in [0.05, 0.1) is 0 Å². The van der Waals surface area contributed by atoms with Gasteiger partial charge in [0, 0.05) is 10.2 Å². The lowest BCUT2D eigenvalue weighted by atomic mass is 10.3. The molecule has 0 fully saturated rings. The van der Waals surface area contributed by atoms with Gasteiger partial charge in [-0.15, -0.1) is 11.8 Å². The van der Waals surface area contributed by atoms with Crippen molar-refractivity contribution in [3.05, 3.63) is 30.1 Å². The molecule has 0 atom stereocenters. The molecule has 0 amide bonds. The van der Waals surface area contributed by atoms with E-state index < -0.39 is 0 Å². The van der Waals surface area contributed by atoms with Crippen LogP contribution in [0.5, 0.6) is 0 Å². The van der Waals surface area contributed by atoms with Crippen molar-refractivity contribution in [3.8, 4) is 0 Å². The first-order valence-electron chi connectivity index (χ1n) is 4.78. The van der Waals surface area contributed by atoms with Gasteiger partial charge in [-0.3, -0.25) is 0 Å². The van der Waals surface area contributed by atoms with Crippen molar-refractivity contribution in [1.82, 2.24) is 0 Å². The van der Waals surface area contributed by atoms with Crippen LogP contribution in [-0.2, 0) is 0 Å². The lowest BCUT2D eigenvalue weighted by Gasteiger charge is -2.01. The number of alkyl halides is 1. The molecule has 0 saturated carbocycles. The number of rotatable bonds is 6. The maximum absolute atomic E-state index is 13.1. The third-order valence-corrected chi connectivity index (χ3v) is 3.57. The summed E-state index contributed by atoms with van der Waals surface area (Å²) < 4.78 is 13.1. The summed E-state index contributed by atoms with van der Waals surface area (Å²) in [5, 5.41) is 1.07. The van der Waals surface area contributed by atoms with Crippen molar-refractivity contribution in [2.45, 2.75) is 24.2 Å². The quantitative estimate of drug-likeness (QED) is 0.419. The average Bonchev–Trinajstić information content (AvgIpc) is 2.20. The molecule has 3 heteroatoms. The summed E-state index contributed by atoms with van der Waals surface area (Å²) in [6, 6.07) is 6.96. The first-order valence-corrected chi connectivity index (χ1v) is 6.88. The number of halogens is 2. The molecule has 0 unspecified atom stereocenters. The Morgan fingerprint density at radius 2 is 1.93 bits per heavy atom. The Morgan fingerprint density at radius 3 is 2.64 bits per heavy atom. The Labute approximate surface area is 97.4 Å². The Hall–Kier alpha value is -0.0200. The van der Waals surface area contributed by atoms with Crippen molar-refractivity contribution in [1.29, 1.82) is 0 Å². The van der Waals surface area contributed by atoms with Crippen LogP contribution in [0.4, 0.5) is 4.39 Å². The third kappa shape index (κ3) is 4.47. The highest BCUT2D eigenvalue weighted by molar-refractivity contribution is 9.09. The van der Waals surface area contributed by atoms with Gasteiger partial charge in [-0.1, -0.05) is 34.5 Å². The van der Waals surface area contributed by atoms with E-state index in [1.807, 2.05) is 12.1 Å². The smallest absolute Gasteiger partial charge is 0.136 e. The first kappa shape index (κ1) is 12.1. The molecular weight excluding hydrogens is 263 g/mol. The number of unbranched alkanes of at least 4 members (excludes halogenated alkanes) is 2. The van der Waals surface area contributed by atoms with Gasteiger partial charge in [-0.25, -0.2) is 4.39 Å². The largest absolute Gasteiger partial charge is 0.206 e. The molecule has 0 heterocycles. The molecule has 0 spiro atoms. The summed E-state index contributed by atoms with van der Waals surface area (Å²) in [5.74, 6) is 0.909. The molecule has 1 aromatic carbocycles. The summed E-state index contributed by atoms with van der Waals surface area (Å²) in [7, 11) is 0. The van der Waals surface area contributed by atoms with Crippen LogP contribution in [0, 0.1) is 5.82 Å². The van der Waals surface area contributed by atoms with Gasteiger partial charge in [0.2, 0.25) is 0 Å². The van der Waals surface area contributed by atoms with Gasteiger partial charge in [-0.05, 0) is 30.7 Å². The Kier molecular flexibility index (Phi) is 6.28. The Bertz CT molecular complexity index is 265. The van der Waals surface area contributed by atoms with Gasteiger partial charge >= 0.3 is 0 Å². The molecule has 0 radical (unpaired) electrons. The Balaban J connectivity index is 2.21. The third-order valence-electron chi connectivity index (χ3n) is 1.87. The highest BCUT2D eigenvalue weighted by atomic mass is 79.9. The van der Waals surface area contributed by atoms with Crippen molar-refractivity contribution in [2.75, 3.05) is 11.1 Å². The second-order valence-corrected chi connectivity index (χ2v) is 4.96. The number of benzene rings is 1. The summed E-state index contributed by atoms with van der Waals surface area (Å²) in [5.41, 5.74) is 0. The van der Waals surface area contributed by atoms with Crippen molar-refractivity contribution < 1.29 is 4.39 Å². The van der Waals surface area contributed by atoms with E-state index in [9.17, 15) is 4.39 Å². The second-order valence-electron chi connectivity index (χ2n) is 3.03. The monoisotopic (exact) mass is 276 g/mol. The van der Waals surface area contributed by atoms with E-state index in [4.69, 9.17) is 0 Å². The number of hydrogen-bond acceptors (Lipinski definition) is 1. The van der Waals surface area contributed by atoms with E-state index in [1.54, 1.807) is 17.8 Å². The molecule has 14 heavy (non-hydrogen) atoms. The maximum Gasteiger partial charge on any atom is 0.136 e. The van der Waals surface area contributed by atoms with Gasteiger partial charge in [0.25, 0.3) is 0 Å². The van der Waals surface area contributed by atoms with Gasteiger partial charge < -0.3 is 0 Å². The molecule has 0 aromatic heterocycles. The number of hydrogen-bond donors (Lipinski definition) is 0. The molecule has 0 saturated heterocycles. The van der Waals surface area contributed by atoms with Crippen molar-refractivity contribution in [2.24, 2.45) is 0 Å². The van der Waals surface area contributed by atoms with Crippen LogP contribution >= 0.6 is 27.7 Å². The summed E-state index contributed by atoms with van der Waals surface area (Å²) in [6.45, 7) is 0. The van der Waals surface area contributed by atoms with Crippen molar-refractivity contribution in [3.63, 3.8) is 0 Å². The van der Waals surface area contributed by atoms with Crippen LogP contribution in [0.15, 0.2) is 29.2 Å². The second kappa shape index (κ2) is 7.30. The van der Waals surface area contributed by atoms with Crippen molar-refractivity contribution >= 4 is 27.7 Å². The zero-order valence-electron chi connectivity index (χ0n) is 8.01. The minimum Gasteiger partial charge on any atom is -0.206 e. The van der Waals surface area contributed by atoms with Crippen LogP contribution < -0.4 is 0 Å². The molecule has 0 bridgehead atoms. The van der Waals surface area contributed by atoms with E-state index in [-0.39, 0.29) is 5.82 Å². The van der Waals surface area contributed by atoms with E-state index in [0.717, 1.165) is 22.4 Å². The predicted molar refractivity (Wildman–Crippen MR) is 64.8 cm³/mol. The molecular formula is C11H14BrFS. The van der Waals surface area contributed by atoms with E-state index in [1.165, 1.54) is 18.9 Å². The molecule has 1 rings (SSSR count). The zero-order valence-corrected chi connectivity index (χ0v) is 10.4. The molecule has 0 N–H and O–H groups in total. The summed E-state index contributed by atoms with van der Waals surface area (Å²) >= 11 is 5.00. The predicted octanol–water partition coefficient (Wildman–Crippen LogP) is 4.48. The topological polar surface area (TPSA) is 0 Å². The highest BCUT2D eigenvalue weighted by Crippen LogP contribution is 2.22. The maximum atomic E-state index is 13.1.